The van der Waals surface area contributed by atoms with Gasteiger partial charge in [0.05, 0.1) is 51.9 Å². The summed E-state index contributed by atoms with van der Waals surface area (Å²) in [6.45, 7) is 0.531. The molecule has 1 aliphatic rings. The summed E-state index contributed by atoms with van der Waals surface area (Å²) in [4.78, 5) is 37.0. The third-order valence-corrected chi connectivity index (χ3v) is 5.51. The first-order valence-corrected chi connectivity index (χ1v) is 10.6. The summed E-state index contributed by atoms with van der Waals surface area (Å²) in [5.74, 6) is 0.864. The van der Waals surface area contributed by atoms with Gasteiger partial charge in [0.15, 0.2) is 11.5 Å². The molecule has 2 rings (SSSR count). The first-order chi connectivity index (χ1) is 14.9. The number of rotatable bonds is 11. The second-order valence-electron chi connectivity index (χ2n) is 6.45. The molecular formula is C21H27NO8S. The van der Waals surface area contributed by atoms with E-state index in [1.165, 1.54) is 51.2 Å². The maximum absolute atomic E-state index is 12.1. The molecule has 0 unspecified atom stereocenters. The number of esters is 2. The van der Waals surface area contributed by atoms with Crippen LogP contribution in [-0.2, 0) is 30.3 Å². The van der Waals surface area contributed by atoms with E-state index in [4.69, 9.17) is 18.9 Å². The number of thioether (sulfide) groups is 1. The molecule has 0 aromatic heterocycles. The molecule has 0 saturated carbocycles. The molecule has 1 saturated heterocycles. The van der Waals surface area contributed by atoms with Crippen molar-refractivity contribution in [1.82, 2.24) is 4.90 Å². The van der Waals surface area contributed by atoms with Crippen LogP contribution in [0.5, 0.6) is 17.2 Å². The van der Waals surface area contributed by atoms with Gasteiger partial charge in [0.25, 0.3) is 0 Å². The van der Waals surface area contributed by atoms with Crippen molar-refractivity contribution in [1.29, 1.82) is 0 Å². The monoisotopic (exact) mass is 453 g/mol. The SMILES string of the molecule is COC(=O)/C=C1/SCC(=O)N1CCCOC(=O)CCc1cc(OC)c(OC)c(OC)c1. The predicted molar refractivity (Wildman–Crippen MR) is 114 cm³/mol. The summed E-state index contributed by atoms with van der Waals surface area (Å²) < 4.78 is 25.8. The van der Waals surface area contributed by atoms with Crippen LogP contribution >= 0.6 is 11.8 Å². The molecule has 0 atom stereocenters. The third-order valence-electron chi connectivity index (χ3n) is 4.48. The number of amides is 1. The number of aryl methyl sites for hydroxylation is 1. The molecule has 0 N–H and O–H groups in total. The first-order valence-electron chi connectivity index (χ1n) is 9.60. The van der Waals surface area contributed by atoms with Crippen molar-refractivity contribution in [3.63, 3.8) is 0 Å². The van der Waals surface area contributed by atoms with Crippen LogP contribution in [0.2, 0.25) is 0 Å². The minimum absolute atomic E-state index is 0.0890. The molecular weight excluding hydrogens is 426 g/mol. The molecule has 0 radical (unpaired) electrons. The number of hydrogen-bond acceptors (Lipinski definition) is 9. The van der Waals surface area contributed by atoms with Gasteiger partial charge in [-0.3, -0.25) is 9.59 Å². The fourth-order valence-electron chi connectivity index (χ4n) is 2.94. The standard InChI is InChI=1S/C21H27NO8S/c1-26-15-10-14(11-16(27-2)21(15)29-4)6-7-19(24)30-9-5-8-22-17(23)13-31-18(22)12-20(25)28-3/h10-12H,5-9,13H2,1-4H3/b18-12+. The van der Waals surface area contributed by atoms with Gasteiger partial charge >= 0.3 is 11.9 Å². The van der Waals surface area contributed by atoms with Crippen molar-refractivity contribution in [3.05, 3.63) is 28.8 Å². The van der Waals surface area contributed by atoms with Gasteiger partial charge in [-0.15, -0.1) is 0 Å². The van der Waals surface area contributed by atoms with Gasteiger partial charge in [-0.05, 0) is 30.5 Å². The molecule has 10 heteroatoms. The molecule has 1 amide bonds. The van der Waals surface area contributed by atoms with E-state index in [2.05, 4.69) is 4.74 Å². The fraction of sp³-hybridized carbons (Fsp3) is 0.476. The number of benzene rings is 1. The van der Waals surface area contributed by atoms with Crippen LogP contribution in [0, 0.1) is 0 Å². The van der Waals surface area contributed by atoms with Gasteiger partial charge in [0.2, 0.25) is 11.7 Å². The maximum atomic E-state index is 12.1. The zero-order chi connectivity index (χ0) is 22.8. The number of hydrogen-bond donors (Lipinski definition) is 0. The first kappa shape index (κ1) is 24.4. The summed E-state index contributed by atoms with van der Waals surface area (Å²) in [5, 5.41) is 0.547. The average Bonchev–Trinajstić information content (AvgIpc) is 3.12. The summed E-state index contributed by atoms with van der Waals surface area (Å²) >= 11 is 1.28. The molecule has 1 aromatic rings. The molecule has 0 spiro atoms. The van der Waals surface area contributed by atoms with E-state index in [1.807, 2.05) is 0 Å². The number of nitrogens with zero attached hydrogens (tertiary/aromatic N) is 1. The summed E-state index contributed by atoms with van der Waals surface area (Å²) in [6.07, 6.45) is 2.38. The summed E-state index contributed by atoms with van der Waals surface area (Å²) in [7, 11) is 5.87. The Labute approximate surface area is 185 Å². The van der Waals surface area contributed by atoms with Gasteiger partial charge in [0.1, 0.15) is 0 Å². The fourth-order valence-corrected chi connectivity index (χ4v) is 3.89. The van der Waals surface area contributed by atoms with Gasteiger partial charge in [0, 0.05) is 13.0 Å². The Hall–Kier alpha value is -2.88. The Bertz CT molecular complexity index is 814. The highest BCUT2D eigenvalue weighted by Gasteiger charge is 2.27. The molecule has 1 heterocycles. The zero-order valence-corrected chi connectivity index (χ0v) is 18.9. The number of carbonyl (C=O) groups excluding carboxylic acids is 3. The van der Waals surface area contributed by atoms with E-state index in [9.17, 15) is 14.4 Å². The Morgan fingerprint density at radius 1 is 1.10 bits per heavy atom. The number of ether oxygens (including phenoxy) is 5. The Morgan fingerprint density at radius 2 is 1.77 bits per heavy atom. The third kappa shape index (κ3) is 6.81. The van der Waals surface area contributed by atoms with E-state index in [-0.39, 0.29) is 30.7 Å². The Kier molecular flexibility index (Phi) is 9.51. The van der Waals surface area contributed by atoms with Crippen LogP contribution in [0.1, 0.15) is 18.4 Å². The predicted octanol–water partition coefficient (Wildman–Crippen LogP) is 2.17. The van der Waals surface area contributed by atoms with Crippen LogP contribution in [0.25, 0.3) is 0 Å². The topological polar surface area (TPSA) is 101 Å². The quantitative estimate of drug-likeness (QED) is 0.283. The van der Waals surface area contributed by atoms with Crippen molar-refractivity contribution in [2.24, 2.45) is 0 Å². The summed E-state index contributed by atoms with van der Waals surface area (Å²) in [5.41, 5.74) is 0.851. The van der Waals surface area contributed by atoms with E-state index < -0.39 is 5.97 Å². The molecule has 1 aliphatic heterocycles. The average molecular weight is 454 g/mol. The van der Waals surface area contributed by atoms with Crippen molar-refractivity contribution < 1.29 is 38.1 Å². The minimum Gasteiger partial charge on any atom is -0.493 e. The van der Waals surface area contributed by atoms with Gasteiger partial charge in [-0.1, -0.05) is 11.8 Å². The normalized spacial score (nSPS) is 14.5. The lowest BCUT2D eigenvalue weighted by Gasteiger charge is -2.16. The number of carbonyl (C=O) groups is 3. The van der Waals surface area contributed by atoms with Gasteiger partial charge in [-0.25, -0.2) is 4.79 Å². The lowest BCUT2D eigenvalue weighted by atomic mass is 10.1. The highest BCUT2D eigenvalue weighted by molar-refractivity contribution is 8.04. The highest BCUT2D eigenvalue weighted by atomic mass is 32.2. The Morgan fingerprint density at radius 3 is 2.35 bits per heavy atom. The molecule has 9 nitrogen and oxygen atoms in total. The van der Waals surface area contributed by atoms with Crippen LogP contribution in [0.3, 0.4) is 0 Å². The van der Waals surface area contributed by atoms with Crippen molar-refractivity contribution in [2.45, 2.75) is 19.3 Å². The molecule has 1 aromatic carbocycles. The van der Waals surface area contributed by atoms with Crippen molar-refractivity contribution >= 4 is 29.6 Å². The maximum Gasteiger partial charge on any atom is 0.333 e. The van der Waals surface area contributed by atoms with Gasteiger partial charge in [-0.2, -0.15) is 0 Å². The Balaban J connectivity index is 1.81. The van der Waals surface area contributed by atoms with E-state index in [1.54, 1.807) is 12.1 Å². The van der Waals surface area contributed by atoms with Gasteiger partial charge < -0.3 is 28.6 Å². The summed E-state index contributed by atoms with van der Waals surface area (Å²) in [6, 6.07) is 3.58. The molecule has 0 aliphatic carbocycles. The van der Waals surface area contributed by atoms with E-state index in [0.29, 0.717) is 41.7 Å². The van der Waals surface area contributed by atoms with Crippen molar-refractivity contribution in [2.75, 3.05) is 47.3 Å². The van der Waals surface area contributed by atoms with Crippen LogP contribution < -0.4 is 14.2 Å². The van der Waals surface area contributed by atoms with Crippen LogP contribution in [0.15, 0.2) is 23.2 Å². The smallest absolute Gasteiger partial charge is 0.333 e. The molecule has 0 bridgehead atoms. The second kappa shape index (κ2) is 12.1. The molecule has 1 fully saturated rings. The molecule has 31 heavy (non-hydrogen) atoms. The van der Waals surface area contributed by atoms with Crippen LogP contribution in [0.4, 0.5) is 0 Å². The minimum atomic E-state index is -0.513. The lowest BCUT2D eigenvalue weighted by molar-refractivity contribution is -0.143. The second-order valence-corrected chi connectivity index (χ2v) is 7.44. The number of methoxy groups -OCH3 is 4. The zero-order valence-electron chi connectivity index (χ0n) is 18.1. The lowest BCUT2D eigenvalue weighted by Crippen LogP contribution is -2.27. The van der Waals surface area contributed by atoms with E-state index >= 15 is 0 Å². The molecule has 170 valence electrons. The largest absolute Gasteiger partial charge is 0.493 e. The van der Waals surface area contributed by atoms with E-state index in [0.717, 1.165) is 5.56 Å². The highest BCUT2D eigenvalue weighted by Crippen LogP contribution is 2.38. The van der Waals surface area contributed by atoms with Crippen molar-refractivity contribution in [3.8, 4) is 17.2 Å². The van der Waals surface area contributed by atoms with Crippen LogP contribution in [-0.4, -0.2) is 70.1 Å².